The van der Waals surface area contributed by atoms with Gasteiger partial charge in [0.15, 0.2) is 0 Å². The van der Waals surface area contributed by atoms with Gasteiger partial charge in [-0.1, -0.05) is 13.0 Å². The van der Waals surface area contributed by atoms with Crippen LogP contribution in [0, 0.1) is 6.92 Å². The highest BCUT2D eigenvalue weighted by atomic mass is 16.4. The molecule has 0 amide bonds. The molecule has 0 bridgehead atoms. The van der Waals surface area contributed by atoms with Gasteiger partial charge in [0.2, 0.25) is 0 Å². The van der Waals surface area contributed by atoms with Gasteiger partial charge in [-0.2, -0.15) is 5.10 Å². The molecule has 0 saturated heterocycles. The largest absolute Gasteiger partial charge is 0.478 e. The third-order valence-corrected chi connectivity index (χ3v) is 2.88. The summed E-state index contributed by atoms with van der Waals surface area (Å²) < 4.78 is 1.88. The molecular weight excluding hydrogens is 228 g/mol. The van der Waals surface area contributed by atoms with Gasteiger partial charge in [-0.15, -0.1) is 0 Å². The van der Waals surface area contributed by atoms with Gasteiger partial charge >= 0.3 is 5.97 Å². The molecule has 0 aliphatic carbocycles. The third kappa shape index (κ3) is 2.42. The van der Waals surface area contributed by atoms with Crippen molar-refractivity contribution in [3.05, 3.63) is 41.7 Å². The zero-order chi connectivity index (χ0) is 13.1. The molecule has 1 aromatic carbocycles. The minimum Gasteiger partial charge on any atom is -0.478 e. The van der Waals surface area contributed by atoms with Crippen LogP contribution in [0.15, 0.2) is 30.6 Å². The van der Waals surface area contributed by atoms with Crippen molar-refractivity contribution in [2.24, 2.45) is 0 Å². The van der Waals surface area contributed by atoms with E-state index in [1.807, 2.05) is 23.9 Å². The highest BCUT2D eigenvalue weighted by molar-refractivity contribution is 5.89. The zero-order valence-electron chi connectivity index (χ0n) is 10.6. The van der Waals surface area contributed by atoms with E-state index in [2.05, 4.69) is 12.0 Å². The van der Waals surface area contributed by atoms with E-state index in [0.717, 1.165) is 29.7 Å². The Morgan fingerprint density at radius 2 is 2.22 bits per heavy atom. The summed E-state index contributed by atoms with van der Waals surface area (Å²) in [5.74, 6) is -0.905. The van der Waals surface area contributed by atoms with Crippen molar-refractivity contribution >= 4 is 5.97 Å². The molecule has 18 heavy (non-hydrogen) atoms. The minimum absolute atomic E-state index is 0.304. The average Bonchev–Trinajstić information content (AvgIpc) is 2.78. The van der Waals surface area contributed by atoms with Crippen LogP contribution in [-0.2, 0) is 6.54 Å². The molecule has 0 aliphatic rings. The van der Waals surface area contributed by atoms with Gasteiger partial charge in [-0.25, -0.2) is 4.79 Å². The Kier molecular flexibility index (Phi) is 3.46. The molecule has 0 atom stereocenters. The summed E-state index contributed by atoms with van der Waals surface area (Å²) in [6.07, 6.45) is 4.76. The van der Waals surface area contributed by atoms with Crippen molar-refractivity contribution in [1.29, 1.82) is 0 Å². The second-order valence-electron chi connectivity index (χ2n) is 4.33. The van der Waals surface area contributed by atoms with E-state index in [1.165, 1.54) is 0 Å². The first-order valence-electron chi connectivity index (χ1n) is 5.98. The standard InChI is InChI=1S/C14H16N2O2/c1-3-6-16-9-12(8-15-16)13-7-11(14(17)18)5-4-10(13)2/h4-5,7-9H,3,6H2,1-2H3,(H,17,18). The van der Waals surface area contributed by atoms with Gasteiger partial charge in [0.05, 0.1) is 11.8 Å². The van der Waals surface area contributed by atoms with Crippen LogP contribution in [0.1, 0.15) is 29.3 Å². The minimum atomic E-state index is -0.905. The van der Waals surface area contributed by atoms with Crippen LogP contribution in [0.25, 0.3) is 11.1 Å². The lowest BCUT2D eigenvalue weighted by Crippen LogP contribution is -1.97. The monoisotopic (exact) mass is 244 g/mol. The van der Waals surface area contributed by atoms with Crippen LogP contribution in [0.4, 0.5) is 0 Å². The summed E-state index contributed by atoms with van der Waals surface area (Å²) in [4.78, 5) is 11.0. The Hall–Kier alpha value is -2.10. The van der Waals surface area contributed by atoms with Crippen LogP contribution < -0.4 is 0 Å². The fraction of sp³-hybridized carbons (Fsp3) is 0.286. The van der Waals surface area contributed by atoms with Crippen molar-refractivity contribution in [2.45, 2.75) is 26.8 Å². The number of aromatic nitrogens is 2. The van der Waals surface area contributed by atoms with Crippen molar-refractivity contribution in [3.63, 3.8) is 0 Å². The van der Waals surface area contributed by atoms with Crippen molar-refractivity contribution in [1.82, 2.24) is 9.78 Å². The lowest BCUT2D eigenvalue weighted by Gasteiger charge is -2.04. The Labute approximate surface area is 106 Å². The first-order chi connectivity index (χ1) is 8.61. The number of carboxylic acid groups (broad SMARTS) is 1. The number of nitrogens with zero attached hydrogens (tertiary/aromatic N) is 2. The Bertz CT molecular complexity index is 573. The molecule has 0 unspecified atom stereocenters. The van der Waals surface area contributed by atoms with E-state index in [0.29, 0.717) is 5.56 Å². The molecule has 4 heteroatoms. The number of carboxylic acids is 1. The zero-order valence-corrected chi connectivity index (χ0v) is 10.6. The fourth-order valence-electron chi connectivity index (χ4n) is 1.92. The molecular formula is C14H16N2O2. The number of benzene rings is 1. The van der Waals surface area contributed by atoms with Crippen molar-refractivity contribution in [2.75, 3.05) is 0 Å². The molecule has 4 nitrogen and oxygen atoms in total. The number of aryl methyl sites for hydroxylation is 2. The molecule has 2 rings (SSSR count). The number of aromatic carboxylic acids is 1. The van der Waals surface area contributed by atoms with Crippen LogP contribution in [0.2, 0.25) is 0 Å². The maximum Gasteiger partial charge on any atom is 0.335 e. The van der Waals surface area contributed by atoms with E-state index < -0.39 is 5.97 Å². The molecule has 0 aliphatic heterocycles. The molecule has 0 radical (unpaired) electrons. The van der Waals surface area contributed by atoms with Gasteiger partial charge < -0.3 is 5.11 Å². The molecule has 1 aromatic heterocycles. The quantitative estimate of drug-likeness (QED) is 0.899. The molecule has 94 valence electrons. The van der Waals surface area contributed by atoms with E-state index in [-0.39, 0.29) is 0 Å². The maximum atomic E-state index is 11.0. The maximum absolute atomic E-state index is 11.0. The molecule has 1 N–H and O–H groups in total. The Balaban J connectivity index is 2.41. The third-order valence-electron chi connectivity index (χ3n) is 2.88. The summed E-state index contributed by atoms with van der Waals surface area (Å²) in [7, 11) is 0. The van der Waals surface area contributed by atoms with Crippen LogP contribution in [-0.4, -0.2) is 20.9 Å². The number of carbonyl (C=O) groups is 1. The average molecular weight is 244 g/mol. The molecule has 1 heterocycles. The summed E-state index contributed by atoms with van der Waals surface area (Å²) in [6, 6.07) is 5.15. The fourth-order valence-corrected chi connectivity index (χ4v) is 1.92. The van der Waals surface area contributed by atoms with E-state index >= 15 is 0 Å². The SMILES string of the molecule is CCCn1cc(-c2cc(C(=O)O)ccc2C)cn1. The first-order valence-corrected chi connectivity index (χ1v) is 5.98. The van der Waals surface area contributed by atoms with Crippen molar-refractivity contribution < 1.29 is 9.90 Å². The summed E-state index contributed by atoms with van der Waals surface area (Å²) in [5.41, 5.74) is 3.25. The highest BCUT2D eigenvalue weighted by Crippen LogP contribution is 2.24. The number of hydrogen-bond acceptors (Lipinski definition) is 2. The van der Waals surface area contributed by atoms with E-state index in [1.54, 1.807) is 18.3 Å². The van der Waals surface area contributed by atoms with Crippen LogP contribution in [0.5, 0.6) is 0 Å². The molecule has 0 saturated carbocycles. The van der Waals surface area contributed by atoms with Gasteiger partial charge in [0.1, 0.15) is 0 Å². The topological polar surface area (TPSA) is 55.1 Å². The van der Waals surface area contributed by atoms with Crippen LogP contribution >= 0.6 is 0 Å². The van der Waals surface area contributed by atoms with E-state index in [9.17, 15) is 4.79 Å². The molecule has 2 aromatic rings. The smallest absolute Gasteiger partial charge is 0.335 e. The van der Waals surface area contributed by atoms with Gasteiger partial charge in [0.25, 0.3) is 0 Å². The predicted octanol–water partition coefficient (Wildman–Crippen LogP) is 2.97. The van der Waals surface area contributed by atoms with Crippen molar-refractivity contribution in [3.8, 4) is 11.1 Å². The second kappa shape index (κ2) is 5.04. The van der Waals surface area contributed by atoms with Gasteiger partial charge in [-0.3, -0.25) is 4.68 Å². The first kappa shape index (κ1) is 12.4. The lowest BCUT2D eigenvalue weighted by molar-refractivity contribution is 0.0697. The second-order valence-corrected chi connectivity index (χ2v) is 4.33. The Morgan fingerprint density at radius 1 is 1.44 bits per heavy atom. The molecule has 0 spiro atoms. The Morgan fingerprint density at radius 3 is 2.89 bits per heavy atom. The highest BCUT2D eigenvalue weighted by Gasteiger charge is 2.09. The van der Waals surface area contributed by atoms with Gasteiger partial charge in [-0.05, 0) is 36.6 Å². The van der Waals surface area contributed by atoms with Crippen LogP contribution in [0.3, 0.4) is 0 Å². The summed E-state index contributed by atoms with van der Waals surface area (Å²) in [6.45, 7) is 4.94. The predicted molar refractivity (Wildman–Crippen MR) is 69.7 cm³/mol. The normalized spacial score (nSPS) is 10.6. The number of hydrogen-bond donors (Lipinski definition) is 1. The van der Waals surface area contributed by atoms with Gasteiger partial charge in [0, 0.05) is 18.3 Å². The summed E-state index contributed by atoms with van der Waals surface area (Å²) in [5, 5.41) is 13.3. The molecule has 0 fully saturated rings. The lowest BCUT2D eigenvalue weighted by atomic mass is 10.0. The summed E-state index contributed by atoms with van der Waals surface area (Å²) >= 11 is 0. The number of rotatable bonds is 4. The van der Waals surface area contributed by atoms with E-state index in [4.69, 9.17) is 5.11 Å².